The molecule has 2 rings (SSSR count). The number of halogens is 2. The summed E-state index contributed by atoms with van der Waals surface area (Å²) >= 11 is 11.8. The molecule has 0 aromatic heterocycles. The first-order chi connectivity index (χ1) is 8.69. The van der Waals surface area contributed by atoms with E-state index in [1.165, 1.54) is 0 Å². The minimum Gasteiger partial charge on any atom is -0.303 e. The zero-order valence-corrected chi connectivity index (χ0v) is 11.2. The van der Waals surface area contributed by atoms with Crippen LogP contribution in [0, 0.1) is 0 Å². The van der Waals surface area contributed by atoms with E-state index in [1.54, 1.807) is 12.1 Å². The fourth-order valence-corrected chi connectivity index (χ4v) is 2.21. The molecular formula is C15H12Cl2O. The summed E-state index contributed by atoms with van der Waals surface area (Å²) in [5, 5.41) is 1.36. The molecule has 3 heteroatoms. The monoisotopic (exact) mass is 278 g/mol. The Bertz CT molecular complexity index is 534. The molecular weight excluding hydrogens is 267 g/mol. The third-order valence-electron chi connectivity index (χ3n) is 2.81. The Labute approximate surface area is 116 Å². The Morgan fingerprint density at radius 2 is 1.72 bits per heavy atom. The fraction of sp³-hybridized carbons (Fsp3) is 0.133. The standard InChI is InChI=1S/C15H12Cl2O/c16-14-6-4-12(5-7-14)13(10-18)8-11-2-1-3-15(17)9-11/h1-7,9-10,13H,8H2. The topological polar surface area (TPSA) is 17.1 Å². The van der Waals surface area contributed by atoms with E-state index in [-0.39, 0.29) is 5.92 Å². The van der Waals surface area contributed by atoms with Crippen molar-refractivity contribution >= 4 is 29.5 Å². The number of rotatable bonds is 4. The Morgan fingerprint density at radius 1 is 1.00 bits per heavy atom. The molecule has 0 aliphatic rings. The highest BCUT2D eigenvalue weighted by atomic mass is 35.5. The number of hydrogen-bond acceptors (Lipinski definition) is 1. The van der Waals surface area contributed by atoms with Gasteiger partial charge in [-0.05, 0) is 41.8 Å². The summed E-state index contributed by atoms with van der Waals surface area (Å²) in [6.45, 7) is 0. The molecule has 0 spiro atoms. The molecule has 0 saturated heterocycles. The van der Waals surface area contributed by atoms with Crippen molar-refractivity contribution in [2.75, 3.05) is 0 Å². The van der Waals surface area contributed by atoms with Crippen LogP contribution >= 0.6 is 23.2 Å². The van der Waals surface area contributed by atoms with Crippen LogP contribution in [0.15, 0.2) is 48.5 Å². The van der Waals surface area contributed by atoms with Crippen molar-refractivity contribution in [1.82, 2.24) is 0 Å². The molecule has 0 heterocycles. The SMILES string of the molecule is O=CC(Cc1cccc(Cl)c1)c1ccc(Cl)cc1. The lowest BCUT2D eigenvalue weighted by molar-refractivity contribution is -0.109. The number of carbonyl (C=O) groups is 1. The van der Waals surface area contributed by atoms with Crippen LogP contribution in [0.2, 0.25) is 10.0 Å². The Hall–Kier alpha value is -1.31. The van der Waals surface area contributed by atoms with Gasteiger partial charge in [0.05, 0.1) is 0 Å². The molecule has 0 bridgehead atoms. The summed E-state index contributed by atoms with van der Waals surface area (Å²) in [5.74, 6) is -0.166. The maximum absolute atomic E-state index is 11.2. The van der Waals surface area contributed by atoms with Crippen LogP contribution in [-0.4, -0.2) is 6.29 Å². The summed E-state index contributed by atoms with van der Waals surface area (Å²) in [6.07, 6.45) is 1.61. The van der Waals surface area contributed by atoms with Crippen molar-refractivity contribution in [3.05, 3.63) is 69.7 Å². The highest BCUT2D eigenvalue weighted by molar-refractivity contribution is 6.30. The van der Waals surface area contributed by atoms with Gasteiger partial charge in [0.2, 0.25) is 0 Å². The normalized spacial score (nSPS) is 12.1. The van der Waals surface area contributed by atoms with Crippen LogP contribution < -0.4 is 0 Å². The Kier molecular flexibility index (Phi) is 4.40. The zero-order chi connectivity index (χ0) is 13.0. The average Bonchev–Trinajstić information content (AvgIpc) is 2.37. The maximum atomic E-state index is 11.2. The van der Waals surface area contributed by atoms with Crippen LogP contribution in [-0.2, 0) is 11.2 Å². The molecule has 1 unspecified atom stereocenters. The van der Waals surface area contributed by atoms with Gasteiger partial charge in [-0.1, -0.05) is 47.5 Å². The van der Waals surface area contributed by atoms with E-state index in [4.69, 9.17) is 23.2 Å². The van der Waals surface area contributed by atoms with Crippen molar-refractivity contribution in [2.24, 2.45) is 0 Å². The van der Waals surface area contributed by atoms with Gasteiger partial charge in [-0.3, -0.25) is 0 Å². The van der Waals surface area contributed by atoms with E-state index in [1.807, 2.05) is 36.4 Å². The van der Waals surface area contributed by atoms with Gasteiger partial charge in [0.15, 0.2) is 0 Å². The van der Waals surface area contributed by atoms with Crippen LogP contribution in [0.3, 0.4) is 0 Å². The van der Waals surface area contributed by atoms with Crippen LogP contribution in [0.25, 0.3) is 0 Å². The van der Waals surface area contributed by atoms with Gasteiger partial charge in [-0.25, -0.2) is 0 Å². The Balaban J connectivity index is 2.19. The number of aldehydes is 1. The predicted molar refractivity (Wildman–Crippen MR) is 75.4 cm³/mol. The van der Waals surface area contributed by atoms with Crippen LogP contribution in [0.4, 0.5) is 0 Å². The first kappa shape index (κ1) is 13.1. The third kappa shape index (κ3) is 3.34. The highest BCUT2D eigenvalue weighted by Gasteiger charge is 2.11. The smallest absolute Gasteiger partial charge is 0.127 e. The van der Waals surface area contributed by atoms with Gasteiger partial charge in [-0.2, -0.15) is 0 Å². The molecule has 1 atom stereocenters. The summed E-state index contributed by atoms with van der Waals surface area (Å²) in [5.41, 5.74) is 2.02. The van der Waals surface area contributed by atoms with Gasteiger partial charge >= 0.3 is 0 Å². The molecule has 0 saturated carbocycles. The average molecular weight is 279 g/mol. The molecule has 0 aliphatic carbocycles. The van der Waals surface area contributed by atoms with Gasteiger partial charge in [0.25, 0.3) is 0 Å². The molecule has 92 valence electrons. The van der Waals surface area contributed by atoms with E-state index in [0.717, 1.165) is 17.4 Å². The molecule has 0 aliphatic heterocycles. The van der Waals surface area contributed by atoms with Gasteiger partial charge in [0.1, 0.15) is 6.29 Å². The molecule has 18 heavy (non-hydrogen) atoms. The molecule has 0 amide bonds. The fourth-order valence-electron chi connectivity index (χ4n) is 1.87. The molecule has 0 N–H and O–H groups in total. The second kappa shape index (κ2) is 6.03. The van der Waals surface area contributed by atoms with Crippen LogP contribution in [0.1, 0.15) is 17.0 Å². The quantitative estimate of drug-likeness (QED) is 0.752. The summed E-state index contributed by atoms with van der Waals surface area (Å²) in [7, 11) is 0. The zero-order valence-electron chi connectivity index (χ0n) is 9.64. The Morgan fingerprint density at radius 3 is 2.33 bits per heavy atom. The lowest BCUT2D eigenvalue weighted by Crippen LogP contribution is -2.04. The molecule has 0 radical (unpaired) electrons. The summed E-state index contributed by atoms with van der Waals surface area (Å²) in [6, 6.07) is 14.9. The molecule has 2 aromatic rings. The van der Waals surface area contributed by atoms with E-state index < -0.39 is 0 Å². The van der Waals surface area contributed by atoms with Crippen molar-refractivity contribution in [1.29, 1.82) is 0 Å². The molecule has 0 fully saturated rings. The first-order valence-electron chi connectivity index (χ1n) is 5.64. The summed E-state index contributed by atoms with van der Waals surface area (Å²) < 4.78 is 0. The van der Waals surface area contributed by atoms with Gasteiger partial charge in [-0.15, -0.1) is 0 Å². The van der Waals surface area contributed by atoms with Crippen molar-refractivity contribution in [3.63, 3.8) is 0 Å². The second-order valence-electron chi connectivity index (χ2n) is 4.13. The van der Waals surface area contributed by atoms with Gasteiger partial charge in [0, 0.05) is 16.0 Å². The van der Waals surface area contributed by atoms with E-state index >= 15 is 0 Å². The number of carbonyl (C=O) groups excluding carboxylic acids is 1. The minimum absolute atomic E-state index is 0.166. The molecule has 2 aromatic carbocycles. The minimum atomic E-state index is -0.166. The molecule has 1 nitrogen and oxygen atoms in total. The number of hydrogen-bond donors (Lipinski definition) is 0. The van der Waals surface area contributed by atoms with Crippen molar-refractivity contribution in [2.45, 2.75) is 12.3 Å². The largest absolute Gasteiger partial charge is 0.303 e. The highest BCUT2D eigenvalue weighted by Crippen LogP contribution is 2.22. The van der Waals surface area contributed by atoms with Crippen molar-refractivity contribution in [3.8, 4) is 0 Å². The van der Waals surface area contributed by atoms with Crippen molar-refractivity contribution < 1.29 is 4.79 Å². The maximum Gasteiger partial charge on any atom is 0.127 e. The van der Waals surface area contributed by atoms with E-state index in [9.17, 15) is 4.79 Å². The first-order valence-corrected chi connectivity index (χ1v) is 6.40. The van der Waals surface area contributed by atoms with Crippen LogP contribution in [0.5, 0.6) is 0 Å². The lowest BCUT2D eigenvalue weighted by Gasteiger charge is -2.11. The van der Waals surface area contributed by atoms with E-state index in [0.29, 0.717) is 16.5 Å². The van der Waals surface area contributed by atoms with E-state index in [2.05, 4.69) is 0 Å². The van der Waals surface area contributed by atoms with Gasteiger partial charge < -0.3 is 4.79 Å². The lowest BCUT2D eigenvalue weighted by atomic mass is 9.93. The number of benzene rings is 2. The summed E-state index contributed by atoms with van der Waals surface area (Å²) in [4.78, 5) is 11.2. The second-order valence-corrected chi connectivity index (χ2v) is 5.00. The predicted octanol–water partition coefficient (Wildman–Crippen LogP) is 4.52. The third-order valence-corrected chi connectivity index (χ3v) is 3.29.